The molecule has 0 nitrogen and oxygen atoms in total. The summed E-state index contributed by atoms with van der Waals surface area (Å²) in [5.74, 6) is 0. The second-order valence-electron chi connectivity index (χ2n) is 1.81. The van der Waals surface area contributed by atoms with Crippen LogP contribution in [-0.2, 0) is 0 Å². The van der Waals surface area contributed by atoms with Crippen molar-refractivity contribution in [3.63, 3.8) is 0 Å². The largest absolute Gasteiger partial charge is 0.261 e. The molecule has 0 fully saturated rings. The molecule has 0 aliphatic carbocycles. The van der Waals surface area contributed by atoms with E-state index in [4.69, 9.17) is 0 Å². The Labute approximate surface area is 48.5 Å². The fraction of sp³-hybridized carbons (Fsp3) is 1.00. The van der Waals surface area contributed by atoms with Crippen LogP contribution in [0.2, 0.25) is 18.1 Å². The zero-order chi connectivity index (χ0) is 5.70. The van der Waals surface area contributed by atoms with Crippen LogP contribution < -0.4 is 0 Å². The molecule has 0 aromatic heterocycles. The van der Waals surface area contributed by atoms with Crippen LogP contribution in [-0.4, -0.2) is 8.80 Å². The molecule has 0 aliphatic heterocycles. The Balaban J connectivity index is 2.99. The van der Waals surface area contributed by atoms with Gasteiger partial charge >= 0.3 is 0 Å². The lowest BCUT2D eigenvalue weighted by Crippen LogP contribution is -2.04. The van der Waals surface area contributed by atoms with Crippen molar-refractivity contribution < 1.29 is 0 Å². The summed E-state index contributed by atoms with van der Waals surface area (Å²) < 4.78 is 0. The van der Waals surface area contributed by atoms with E-state index < -0.39 is 0 Å². The van der Waals surface area contributed by atoms with Gasteiger partial charge in [-0.15, -0.1) is 0 Å². The Morgan fingerprint density at radius 1 is 0.857 bits per heavy atom. The van der Waals surface area contributed by atoms with E-state index in [1.165, 1.54) is 18.1 Å². The van der Waals surface area contributed by atoms with Gasteiger partial charge in [0.05, 0.1) is 0 Å². The van der Waals surface area contributed by atoms with Gasteiger partial charge in [0.1, 0.15) is 0 Å². The van der Waals surface area contributed by atoms with Crippen molar-refractivity contribution in [1.82, 2.24) is 0 Å². The normalized spacial score (nSPS) is 10.3. The lowest BCUT2D eigenvalue weighted by atomic mass is 10.9. The van der Waals surface area contributed by atoms with Gasteiger partial charge in [0.25, 0.3) is 0 Å². The number of hydrogen-bond acceptors (Lipinski definition) is 0. The minimum atomic E-state index is 0.137. The van der Waals surface area contributed by atoms with Gasteiger partial charge in [-0.3, -0.25) is 8.80 Å². The highest BCUT2D eigenvalue weighted by atomic mass is 28.3. The maximum atomic E-state index is 2.31. The van der Waals surface area contributed by atoms with E-state index in [2.05, 4.69) is 20.8 Å². The molecule has 44 valence electrons. The van der Waals surface area contributed by atoms with Crippen molar-refractivity contribution in [2.45, 2.75) is 38.9 Å². The Bertz CT molecular complexity index is 25.7. The van der Waals surface area contributed by atoms with Crippen molar-refractivity contribution >= 4 is 8.80 Å². The van der Waals surface area contributed by atoms with E-state index in [9.17, 15) is 0 Å². The fourth-order valence-electron chi connectivity index (χ4n) is 0.750. The average molecular weight is 115 g/mol. The fourth-order valence-corrected chi connectivity index (χ4v) is 2.25. The van der Waals surface area contributed by atoms with Crippen LogP contribution >= 0.6 is 0 Å². The molecule has 0 spiro atoms. The summed E-state index contributed by atoms with van der Waals surface area (Å²) in [5, 5.41) is 0. The molecule has 0 aromatic rings. The molecule has 0 bridgehead atoms. The smallest absolute Gasteiger partial charge is 0.0954 e. The molecule has 0 saturated carbocycles. The van der Waals surface area contributed by atoms with Gasteiger partial charge in [-0.25, -0.2) is 0 Å². The quantitative estimate of drug-likeness (QED) is 0.496. The Kier molecular flexibility index (Phi) is 4.51. The van der Waals surface area contributed by atoms with Gasteiger partial charge in [0, 0.05) is 0 Å². The lowest BCUT2D eigenvalue weighted by molar-refractivity contribution is 1.24. The Morgan fingerprint density at radius 2 is 1.14 bits per heavy atom. The summed E-state index contributed by atoms with van der Waals surface area (Å²) in [6, 6.07) is 4.37. The average Bonchev–Trinajstić information content (AvgIpc) is 1.72. The van der Waals surface area contributed by atoms with E-state index in [1.807, 2.05) is 0 Å². The molecule has 0 N–H and O–H groups in total. The Hall–Kier alpha value is 0.217. The maximum absolute atomic E-state index is 2.31. The van der Waals surface area contributed by atoms with Crippen molar-refractivity contribution in [3.05, 3.63) is 0 Å². The van der Waals surface area contributed by atoms with Crippen LogP contribution in [0.15, 0.2) is 0 Å². The molecule has 0 amide bonds. The van der Waals surface area contributed by atoms with E-state index in [0.717, 1.165) is 0 Å². The first kappa shape index (κ1) is 7.22. The summed E-state index contributed by atoms with van der Waals surface area (Å²) >= 11 is 0. The zero-order valence-corrected chi connectivity index (χ0v) is 6.62. The molecule has 0 heterocycles. The third kappa shape index (κ3) is 2.86. The topological polar surface area (TPSA) is 0 Å². The zero-order valence-electron chi connectivity index (χ0n) is 5.62. The molecule has 0 saturated heterocycles. The van der Waals surface area contributed by atoms with Crippen molar-refractivity contribution in [2.75, 3.05) is 0 Å². The molecule has 0 rings (SSSR count). The molecule has 0 radical (unpaired) electrons. The second-order valence-corrected chi connectivity index (χ2v) is 5.43. The van der Waals surface area contributed by atoms with Gasteiger partial charge in [0.2, 0.25) is 0 Å². The maximum Gasteiger partial charge on any atom is -0.0954 e. The van der Waals surface area contributed by atoms with Crippen LogP contribution in [0.4, 0.5) is 0 Å². The summed E-state index contributed by atoms with van der Waals surface area (Å²) in [4.78, 5) is 0. The van der Waals surface area contributed by atoms with Crippen molar-refractivity contribution in [3.8, 4) is 0 Å². The lowest BCUT2D eigenvalue weighted by Gasteiger charge is -2.20. The minimum Gasteiger partial charge on any atom is -0.261 e. The first-order valence-corrected chi connectivity index (χ1v) is 5.30. The SMILES string of the molecule is CC[Si-](CC)CC. The number of rotatable bonds is 3. The first-order valence-electron chi connectivity index (χ1n) is 3.18. The van der Waals surface area contributed by atoms with Gasteiger partial charge < -0.3 is 0 Å². The van der Waals surface area contributed by atoms with Crippen molar-refractivity contribution in [1.29, 1.82) is 0 Å². The van der Waals surface area contributed by atoms with Gasteiger partial charge in [-0.2, -0.15) is 18.1 Å². The highest BCUT2D eigenvalue weighted by Crippen LogP contribution is 2.01. The number of hydrogen-bond donors (Lipinski definition) is 0. The van der Waals surface area contributed by atoms with Crippen LogP contribution in [0.3, 0.4) is 0 Å². The van der Waals surface area contributed by atoms with E-state index >= 15 is 0 Å². The Morgan fingerprint density at radius 3 is 1.14 bits per heavy atom. The second kappa shape index (κ2) is 4.38. The molecule has 0 unspecified atom stereocenters. The minimum absolute atomic E-state index is 0.137. The van der Waals surface area contributed by atoms with Gasteiger partial charge in [0.15, 0.2) is 0 Å². The summed E-state index contributed by atoms with van der Waals surface area (Å²) in [6.45, 7) is 6.92. The van der Waals surface area contributed by atoms with Crippen LogP contribution in [0.1, 0.15) is 20.8 Å². The molecule has 1 heteroatoms. The third-order valence-electron chi connectivity index (χ3n) is 1.50. The highest BCUT2D eigenvalue weighted by Gasteiger charge is 1.80. The van der Waals surface area contributed by atoms with Gasteiger partial charge in [-0.1, -0.05) is 20.8 Å². The molecule has 0 aromatic carbocycles. The van der Waals surface area contributed by atoms with Crippen molar-refractivity contribution in [2.24, 2.45) is 0 Å². The molecule has 0 atom stereocenters. The van der Waals surface area contributed by atoms with Crippen LogP contribution in [0, 0.1) is 0 Å². The monoisotopic (exact) mass is 115 g/mol. The molecule has 0 aliphatic rings. The van der Waals surface area contributed by atoms with E-state index in [0.29, 0.717) is 0 Å². The third-order valence-corrected chi connectivity index (χ3v) is 4.50. The van der Waals surface area contributed by atoms with E-state index in [-0.39, 0.29) is 8.80 Å². The standard InChI is InChI=1S/C6H15Si/c1-4-7(5-2)6-3/h4-6H2,1-3H3/q-1. The molecule has 7 heavy (non-hydrogen) atoms. The first-order chi connectivity index (χ1) is 3.35. The van der Waals surface area contributed by atoms with E-state index in [1.54, 1.807) is 0 Å². The molecular formula is C6H15Si-. The predicted octanol–water partition coefficient (Wildman–Crippen LogP) is 2.54. The predicted molar refractivity (Wildman–Crippen MR) is 37.2 cm³/mol. The molecular weight excluding hydrogens is 100 g/mol. The van der Waals surface area contributed by atoms with Gasteiger partial charge in [-0.05, 0) is 0 Å². The summed E-state index contributed by atoms with van der Waals surface area (Å²) in [6.07, 6.45) is 0. The van der Waals surface area contributed by atoms with Crippen LogP contribution in [0.25, 0.3) is 0 Å². The summed E-state index contributed by atoms with van der Waals surface area (Å²) in [5.41, 5.74) is 0. The van der Waals surface area contributed by atoms with Crippen LogP contribution in [0.5, 0.6) is 0 Å². The highest BCUT2D eigenvalue weighted by molar-refractivity contribution is 6.58. The summed E-state index contributed by atoms with van der Waals surface area (Å²) in [7, 11) is 0.137.